The topological polar surface area (TPSA) is 153 Å². The Morgan fingerprint density at radius 1 is 0.690 bits per heavy atom. The number of allylic oxidation sites excluding steroid dienone is 2. The van der Waals surface area contributed by atoms with Crippen molar-refractivity contribution in [2.24, 2.45) is 0 Å². The van der Waals surface area contributed by atoms with Gasteiger partial charge in [0.15, 0.2) is 29.5 Å². The molecule has 0 spiro atoms. The van der Waals surface area contributed by atoms with Crippen LogP contribution in [-0.4, -0.2) is 72.4 Å². The fourth-order valence-corrected chi connectivity index (χ4v) is 10.8. The highest BCUT2D eigenvalue weighted by Crippen LogP contribution is 2.51. The van der Waals surface area contributed by atoms with Crippen molar-refractivity contribution in [3.8, 4) is 23.0 Å². The zero-order valence-corrected chi connectivity index (χ0v) is 35.4. The number of aromatic nitrogens is 1. The summed E-state index contributed by atoms with van der Waals surface area (Å²) in [5, 5.41) is 8.87. The Labute approximate surface area is 343 Å². The van der Waals surface area contributed by atoms with Crippen LogP contribution in [0.2, 0.25) is 0 Å². The van der Waals surface area contributed by atoms with Crippen molar-refractivity contribution in [3.05, 3.63) is 94.5 Å². The van der Waals surface area contributed by atoms with Crippen molar-refractivity contribution >= 4 is 108 Å². The molecule has 2 N–H and O–H groups in total. The number of benzene rings is 6. The van der Waals surface area contributed by atoms with Gasteiger partial charge in [0.25, 0.3) is 25.2 Å². The molecule has 12 nitrogen and oxygen atoms in total. The quantitative estimate of drug-likeness (QED) is 0.0689. The van der Waals surface area contributed by atoms with Crippen LogP contribution in [0.15, 0.2) is 94.4 Å². The minimum atomic E-state index is -4.31. The molecule has 6 aromatic carbocycles. The first kappa shape index (κ1) is 39.7. The number of ether oxygens (including phenoxy) is 4. The summed E-state index contributed by atoms with van der Waals surface area (Å²) in [6, 6.07) is 23.9. The number of rotatable bonds is 12. The maximum Gasteiger partial charge on any atom is 0.271 e. The minimum Gasteiger partial charge on any atom is -0.493 e. The molecule has 300 valence electrons. The maximum absolute atomic E-state index is 12.1. The standard InChI is InChI=1S/C42H38N2O10S4/c1-24(14-39-43(10-12-57(45,46)47)41-31-18-29-22-35(53-4)33(51-2)20-27(29)16-25(31)6-8-37(41)55-39)15-40-44(11-13-58(48,49)50)42-32-19-30-23-36(54-5)34(52-3)21-28(30)17-26(32)7-9-38(42)56-40/h6-9,14-23H,10-13H2,1-5H3,(H-,45,46,47,48,49,50)/p+1. The molecule has 16 heteroatoms. The SMILES string of the molecule is COc1cc2cc3ccc4c(c3cc2cc1OC)N(CCS(=O)(=O)O)/C(=C/C(C)=C/c1sc2ccc3cc5cc(OC)c(OC)cc5cc3c2[n+]1CCS(=O)(=O)O)S4. The number of aryl methyl sites for hydroxylation is 1. The van der Waals surface area contributed by atoms with E-state index >= 15 is 0 Å². The Morgan fingerprint density at radius 3 is 1.76 bits per heavy atom. The number of methoxy groups -OCH3 is 4. The molecule has 1 aliphatic heterocycles. The molecule has 1 aromatic heterocycles. The van der Waals surface area contributed by atoms with Crippen molar-refractivity contribution in [1.29, 1.82) is 0 Å². The summed E-state index contributed by atoms with van der Waals surface area (Å²) < 4.78 is 93.2. The Hall–Kier alpha value is -5.10. The van der Waals surface area contributed by atoms with Gasteiger partial charge in [-0.1, -0.05) is 35.2 Å². The lowest BCUT2D eigenvalue weighted by molar-refractivity contribution is -0.663. The van der Waals surface area contributed by atoms with Crippen LogP contribution in [0.25, 0.3) is 59.4 Å². The van der Waals surface area contributed by atoms with Gasteiger partial charge in [0.05, 0.1) is 50.3 Å². The summed E-state index contributed by atoms with van der Waals surface area (Å²) in [4.78, 5) is 2.83. The van der Waals surface area contributed by atoms with Gasteiger partial charge in [-0.3, -0.25) is 9.11 Å². The van der Waals surface area contributed by atoms with E-state index in [0.29, 0.717) is 23.0 Å². The van der Waals surface area contributed by atoms with Gasteiger partial charge >= 0.3 is 0 Å². The average Bonchev–Trinajstić information content (AvgIpc) is 3.72. The first-order valence-electron chi connectivity index (χ1n) is 18.0. The van der Waals surface area contributed by atoms with Crippen LogP contribution in [0.5, 0.6) is 23.0 Å². The third kappa shape index (κ3) is 7.63. The summed E-state index contributed by atoms with van der Waals surface area (Å²) >= 11 is 2.98. The summed E-state index contributed by atoms with van der Waals surface area (Å²) in [5.74, 6) is 1.39. The zero-order valence-electron chi connectivity index (χ0n) is 32.1. The van der Waals surface area contributed by atoms with Crippen LogP contribution in [-0.2, 0) is 26.8 Å². The maximum atomic E-state index is 12.1. The lowest BCUT2D eigenvalue weighted by Crippen LogP contribution is -2.38. The molecule has 2 heterocycles. The van der Waals surface area contributed by atoms with Gasteiger partial charge in [-0.05, 0) is 112 Å². The van der Waals surface area contributed by atoms with E-state index in [1.165, 1.54) is 23.1 Å². The van der Waals surface area contributed by atoms with Crippen LogP contribution in [0.1, 0.15) is 11.9 Å². The highest BCUT2D eigenvalue weighted by atomic mass is 32.2. The number of fused-ring (bicyclic) bond motifs is 8. The van der Waals surface area contributed by atoms with E-state index in [9.17, 15) is 25.9 Å². The smallest absolute Gasteiger partial charge is 0.271 e. The molecule has 8 rings (SSSR count). The molecule has 1 aliphatic rings. The van der Waals surface area contributed by atoms with E-state index < -0.39 is 31.7 Å². The molecule has 0 bridgehead atoms. The third-order valence-electron chi connectivity index (χ3n) is 10.2. The van der Waals surface area contributed by atoms with Crippen LogP contribution < -0.4 is 28.4 Å². The first-order chi connectivity index (χ1) is 27.7. The molecule has 0 unspecified atom stereocenters. The summed E-state index contributed by atoms with van der Waals surface area (Å²) in [7, 11) is -2.27. The number of thiazole rings is 1. The largest absolute Gasteiger partial charge is 0.493 e. The minimum absolute atomic E-state index is 0.00508. The summed E-state index contributed by atoms with van der Waals surface area (Å²) in [5.41, 5.74) is 2.44. The van der Waals surface area contributed by atoms with Crippen LogP contribution >= 0.6 is 23.1 Å². The normalized spacial score (nSPS) is 14.4. The molecule has 7 aromatic rings. The highest BCUT2D eigenvalue weighted by molar-refractivity contribution is 8.03. The second kappa shape index (κ2) is 15.3. The molecular formula is C42H39N2O10S4+. The monoisotopic (exact) mass is 859 g/mol. The second-order valence-corrected chi connectivity index (χ2v) is 19.1. The van der Waals surface area contributed by atoms with Crippen LogP contribution in [0, 0.1) is 0 Å². The van der Waals surface area contributed by atoms with E-state index in [1.54, 1.807) is 28.4 Å². The third-order valence-corrected chi connectivity index (χ3v) is 13.8. The van der Waals surface area contributed by atoms with Crippen molar-refractivity contribution < 1.29 is 49.5 Å². The van der Waals surface area contributed by atoms with Crippen molar-refractivity contribution in [2.75, 3.05) is 51.4 Å². The van der Waals surface area contributed by atoms with Crippen molar-refractivity contribution in [1.82, 2.24) is 0 Å². The van der Waals surface area contributed by atoms with Gasteiger partial charge in [-0.15, -0.1) is 0 Å². The average molecular weight is 860 g/mol. The molecule has 58 heavy (non-hydrogen) atoms. The molecular weight excluding hydrogens is 821 g/mol. The van der Waals surface area contributed by atoms with Gasteiger partial charge in [-0.25, -0.2) is 0 Å². The molecule has 0 aliphatic carbocycles. The molecule has 0 atom stereocenters. The van der Waals surface area contributed by atoms with Gasteiger partial charge in [-0.2, -0.15) is 21.4 Å². The van der Waals surface area contributed by atoms with Gasteiger partial charge < -0.3 is 23.8 Å². The first-order valence-corrected chi connectivity index (χ1v) is 22.8. The van der Waals surface area contributed by atoms with Crippen LogP contribution in [0.4, 0.5) is 5.69 Å². The van der Waals surface area contributed by atoms with E-state index in [4.69, 9.17) is 18.9 Å². The highest BCUT2D eigenvalue weighted by Gasteiger charge is 2.30. The lowest BCUT2D eigenvalue weighted by atomic mass is 10.0. The zero-order chi connectivity index (χ0) is 41.1. The number of nitrogens with zero attached hydrogens (tertiary/aromatic N) is 2. The number of anilines is 1. The Balaban J connectivity index is 1.26. The second-order valence-electron chi connectivity index (χ2n) is 13.9. The fourth-order valence-electron chi connectivity index (χ4n) is 7.51. The number of thioether (sulfide) groups is 1. The van der Waals surface area contributed by atoms with E-state index in [1.807, 2.05) is 89.2 Å². The van der Waals surface area contributed by atoms with Gasteiger partial charge in [0, 0.05) is 22.9 Å². The van der Waals surface area contributed by atoms with Crippen LogP contribution in [0.3, 0.4) is 0 Å². The Bertz CT molecular complexity index is 3120. The molecule has 0 saturated heterocycles. The predicted octanol–water partition coefficient (Wildman–Crippen LogP) is 8.47. The molecule has 0 fully saturated rings. The van der Waals surface area contributed by atoms with E-state index in [-0.39, 0.29) is 13.1 Å². The fraction of sp³-hybridized carbons (Fsp3) is 0.214. The van der Waals surface area contributed by atoms with Crippen molar-refractivity contribution in [3.63, 3.8) is 0 Å². The van der Waals surface area contributed by atoms with E-state index in [2.05, 4.69) is 12.1 Å². The van der Waals surface area contributed by atoms with Gasteiger partial charge in [0.1, 0.15) is 10.5 Å². The number of hydrogen-bond donors (Lipinski definition) is 2. The van der Waals surface area contributed by atoms with E-state index in [0.717, 1.165) is 79.5 Å². The number of hydrogen-bond acceptors (Lipinski definition) is 11. The summed E-state index contributed by atoms with van der Waals surface area (Å²) in [6.07, 6.45) is 3.91. The molecule has 0 amide bonds. The van der Waals surface area contributed by atoms with Crippen molar-refractivity contribution in [2.45, 2.75) is 18.4 Å². The Morgan fingerprint density at radius 2 is 1.21 bits per heavy atom. The molecule has 0 radical (unpaired) electrons. The lowest BCUT2D eigenvalue weighted by Gasteiger charge is -2.22. The van der Waals surface area contributed by atoms with Gasteiger partial charge in [0.2, 0.25) is 5.52 Å². The Kier molecular flexibility index (Phi) is 10.4. The predicted molar refractivity (Wildman–Crippen MR) is 232 cm³/mol. The summed E-state index contributed by atoms with van der Waals surface area (Å²) in [6.45, 7) is 1.91. The molecule has 0 saturated carbocycles.